The van der Waals surface area contributed by atoms with Gasteiger partial charge in [0.15, 0.2) is 0 Å². The minimum Gasteiger partial charge on any atom is -0.319 e. The quantitative estimate of drug-likeness (QED) is 0.813. The predicted octanol–water partition coefficient (Wildman–Crippen LogP) is 2.08. The molecule has 1 aromatic carbocycles. The summed E-state index contributed by atoms with van der Waals surface area (Å²) in [5.41, 5.74) is -0.378. The molecule has 2 N–H and O–H groups in total. The summed E-state index contributed by atoms with van der Waals surface area (Å²) < 4.78 is 11.1. The molecule has 4 nitrogen and oxygen atoms in total. The van der Waals surface area contributed by atoms with Crippen molar-refractivity contribution in [2.75, 3.05) is 0 Å². The molecule has 0 aliphatic carbocycles. The van der Waals surface area contributed by atoms with Crippen molar-refractivity contribution >= 4 is 29.1 Å². The van der Waals surface area contributed by atoms with Crippen molar-refractivity contribution in [2.24, 2.45) is 0 Å². The van der Waals surface area contributed by atoms with Crippen LogP contribution in [0.5, 0.6) is 0 Å². The van der Waals surface area contributed by atoms with E-state index in [1.165, 1.54) is 6.07 Å². The number of aryl methyl sites for hydroxylation is 1. The maximum Gasteiger partial charge on any atom is 0.396 e. The monoisotopic (exact) mass is 278 g/mol. The number of carbonyl (C=O) groups is 1. The van der Waals surface area contributed by atoms with Crippen LogP contribution >= 0.6 is 23.5 Å². The molecule has 76 valence electrons. The third kappa shape index (κ3) is 2.51. The molecule has 0 saturated carbocycles. The van der Waals surface area contributed by atoms with E-state index in [-0.39, 0.29) is 5.56 Å². The fourth-order valence-electron chi connectivity index (χ4n) is 0.960. The molecular formula is C8H8BrO4P. The van der Waals surface area contributed by atoms with Crippen LogP contribution in [0.1, 0.15) is 15.9 Å². The van der Waals surface area contributed by atoms with E-state index in [0.717, 1.165) is 5.56 Å². The molecule has 0 unspecified atom stereocenters. The lowest BCUT2D eigenvalue weighted by molar-refractivity contribution is 0.104. The second kappa shape index (κ2) is 3.95. The van der Waals surface area contributed by atoms with Gasteiger partial charge < -0.3 is 9.79 Å². The third-order valence-electron chi connectivity index (χ3n) is 1.62. The predicted molar refractivity (Wildman–Crippen MR) is 55.3 cm³/mol. The number of hydrogen-bond acceptors (Lipinski definition) is 2. The first kappa shape index (κ1) is 11.6. The van der Waals surface area contributed by atoms with E-state index >= 15 is 0 Å². The second-order valence-electron chi connectivity index (χ2n) is 2.83. The van der Waals surface area contributed by atoms with Crippen molar-refractivity contribution in [2.45, 2.75) is 6.92 Å². The molecule has 0 radical (unpaired) electrons. The smallest absolute Gasteiger partial charge is 0.319 e. The van der Waals surface area contributed by atoms with Crippen LogP contribution in [-0.4, -0.2) is 15.3 Å². The molecule has 0 atom stereocenters. The van der Waals surface area contributed by atoms with Gasteiger partial charge in [-0.3, -0.25) is 9.36 Å². The molecule has 0 aliphatic heterocycles. The highest BCUT2D eigenvalue weighted by Crippen LogP contribution is 2.40. The lowest BCUT2D eigenvalue weighted by atomic mass is 10.2. The van der Waals surface area contributed by atoms with Crippen molar-refractivity contribution in [3.05, 3.63) is 33.8 Å². The maximum atomic E-state index is 11.2. The molecule has 1 rings (SSSR count). The summed E-state index contributed by atoms with van der Waals surface area (Å²) in [7, 11) is -4.69. The molecular weight excluding hydrogens is 271 g/mol. The fraction of sp³-hybridized carbons (Fsp3) is 0.125. The van der Waals surface area contributed by atoms with Crippen LogP contribution < -0.4 is 0 Å². The van der Waals surface area contributed by atoms with Crippen molar-refractivity contribution in [1.29, 1.82) is 0 Å². The van der Waals surface area contributed by atoms with E-state index in [0.29, 0.717) is 4.47 Å². The Morgan fingerprint density at radius 1 is 1.43 bits per heavy atom. The van der Waals surface area contributed by atoms with E-state index in [1.807, 2.05) is 0 Å². The Balaban J connectivity index is 3.26. The molecule has 0 fully saturated rings. The van der Waals surface area contributed by atoms with Gasteiger partial charge in [-0.1, -0.05) is 27.6 Å². The molecule has 0 amide bonds. The van der Waals surface area contributed by atoms with Crippen LogP contribution in [0.2, 0.25) is 0 Å². The van der Waals surface area contributed by atoms with Gasteiger partial charge in [0.05, 0.1) is 0 Å². The minimum atomic E-state index is -4.69. The van der Waals surface area contributed by atoms with Gasteiger partial charge in [0.1, 0.15) is 0 Å². The Hall–Kier alpha value is -0.480. The minimum absolute atomic E-state index is 0.0123. The number of benzene rings is 1. The van der Waals surface area contributed by atoms with Gasteiger partial charge >= 0.3 is 7.60 Å². The first-order valence-corrected chi connectivity index (χ1v) is 6.09. The average molecular weight is 279 g/mol. The van der Waals surface area contributed by atoms with Gasteiger partial charge in [-0.15, -0.1) is 0 Å². The van der Waals surface area contributed by atoms with Crippen molar-refractivity contribution < 1.29 is 19.1 Å². The highest BCUT2D eigenvalue weighted by Gasteiger charge is 2.28. The van der Waals surface area contributed by atoms with Gasteiger partial charge in [0, 0.05) is 10.0 Å². The van der Waals surface area contributed by atoms with Crippen LogP contribution in [0, 0.1) is 6.92 Å². The van der Waals surface area contributed by atoms with Crippen LogP contribution in [0.4, 0.5) is 0 Å². The Morgan fingerprint density at radius 2 is 2.00 bits per heavy atom. The summed E-state index contributed by atoms with van der Waals surface area (Å²) in [5, 5.41) is 0. The molecule has 0 spiro atoms. The normalized spacial score (nSPS) is 11.4. The van der Waals surface area contributed by atoms with E-state index < -0.39 is 13.1 Å². The van der Waals surface area contributed by atoms with E-state index in [1.54, 1.807) is 19.1 Å². The summed E-state index contributed by atoms with van der Waals surface area (Å²) in [6, 6.07) is 4.75. The Labute approximate surface area is 89.2 Å². The summed E-state index contributed by atoms with van der Waals surface area (Å²) >= 11 is 3.06. The van der Waals surface area contributed by atoms with Crippen LogP contribution in [0.25, 0.3) is 0 Å². The topological polar surface area (TPSA) is 74.6 Å². The molecule has 0 heterocycles. The standard InChI is InChI=1S/C8H8BrO4P/c1-5-2-3-7(9)6(4-5)8(10)14(11,12)13/h2-4H,1H3,(H2,11,12,13). The fourth-order valence-corrected chi connectivity index (χ4v) is 2.04. The second-order valence-corrected chi connectivity index (χ2v) is 5.18. The maximum absolute atomic E-state index is 11.2. The Morgan fingerprint density at radius 3 is 2.50 bits per heavy atom. The Kier molecular flexibility index (Phi) is 3.27. The van der Waals surface area contributed by atoms with Gasteiger partial charge in [-0.2, -0.15) is 0 Å². The summed E-state index contributed by atoms with van der Waals surface area (Å²) in [4.78, 5) is 28.6. The first-order valence-electron chi connectivity index (χ1n) is 3.69. The highest BCUT2D eigenvalue weighted by molar-refractivity contribution is 9.10. The molecule has 6 heteroatoms. The molecule has 0 saturated heterocycles. The first-order chi connectivity index (χ1) is 6.32. The molecule has 14 heavy (non-hydrogen) atoms. The van der Waals surface area contributed by atoms with Crippen molar-refractivity contribution in [3.8, 4) is 0 Å². The van der Waals surface area contributed by atoms with E-state index in [2.05, 4.69) is 15.9 Å². The third-order valence-corrected chi connectivity index (χ3v) is 3.08. The number of rotatable bonds is 2. The summed E-state index contributed by atoms with van der Waals surface area (Å²) in [6.45, 7) is 1.74. The largest absolute Gasteiger partial charge is 0.396 e. The lowest BCUT2D eigenvalue weighted by Crippen LogP contribution is -2.01. The van der Waals surface area contributed by atoms with Crippen LogP contribution in [0.3, 0.4) is 0 Å². The van der Waals surface area contributed by atoms with Crippen LogP contribution in [-0.2, 0) is 4.57 Å². The summed E-state index contributed by atoms with van der Waals surface area (Å²) in [5.74, 6) is 0. The van der Waals surface area contributed by atoms with Gasteiger partial charge in [-0.25, -0.2) is 0 Å². The van der Waals surface area contributed by atoms with Gasteiger partial charge in [0.25, 0.3) is 5.52 Å². The van der Waals surface area contributed by atoms with Gasteiger partial charge in [-0.05, 0) is 19.1 Å². The number of hydrogen-bond donors (Lipinski definition) is 2. The Bertz CT molecular complexity index is 423. The SMILES string of the molecule is Cc1ccc(Br)c(C(=O)P(=O)(O)O)c1. The zero-order valence-corrected chi connectivity index (χ0v) is 9.75. The highest BCUT2D eigenvalue weighted by atomic mass is 79.9. The zero-order valence-electron chi connectivity index (χ0n) is 7.27. The molecule has 0 aliphatic rings. The van der Waals surface area contributed by atoms with Crippen molar-refractivity contribution in [3.63, 3.8) is 0 Å². The van der Waals surface area contributed by atoms with Crippen LogP contribution in [0.15, 0.2) is 22.7 Å². The van der Waals surface area contributed by atoms with Gasteiger partial charge in [0.2, 0.25) is 0 Å². The average Bonchev–Trinajstić information content (AvgIpc) is 2.06. The van der Waals surface area contributed by atoms with Crippen molar-refractivity contribution in [1.82, 2.24) is 0 Å². The molecule has 0 aromatic heterocycles. The molecule has 1 aromatic rings. The summed E-state index contributed by atoms with van der Waals surface area (Å²) in [6.07, 6.45) is 0. The van der Waals surface area contributed by atoms with E-state index in [4.69, 9.17) is 9.79 Å². The zero-order chi connectivity index (χ0) is 10.9. The lowest BCUT2D eigenvalue weighted by Gasteiger charge is -2.05. The van der Waals surface area contributed by atoms with E-state index in [9.17, 15) is 9.36 Å². The molecule has 0 bridgehead atoms. The number of halogens is 1. The number of carbonyl (C=O) groups excluding carboxylic acids is 1.